The van der Waals surface area contributed by atoms with E-state index in [1.807, 2.05) is 11.8 Å². The fourth-order valence-corrected chi connectivity index (χ4v) is 4.06. The normalized spacial score (nSPS) is 19.4. The minimum atomic E-state index is -0.542. The molecule has 2 fully saturated rings. The molecule has 0 N–H and O–H groups in total. The van der Waals surface area contributed by atoms with Crippen molar-refractivity contribution in [3.8, 4) is 0 Å². The minimum absolute atomic E-state index is 0.0790. The van der Waals surface area contributed by atoms with Gasteiger partial charge < -0.3 is 9.80 Å². The highest BCUT2D eigenvalue weighted by molar-refractivity contribution is 6.34. The molecule has 2 saturated heterocycles. The van der Waals surface area contributed by atoms with Crippen LogP contribution < -0.4 is 0 Å². The number of nitro benzene ring substituents is 1. The van der Waals surface area contributed by atoms with Crippen LogP contribution in [0.4, 0.5) is 5.69 Å². The van der Waals surface area contributed by atoms with Gasteiger partial charge in [-0.15, -0.1) is 0 Å². The number of non-ortho nitro benzene ring substituents is 1. The molecule has 0 bridgehead atoms. The molecule has 2 amide bonds. The average Bonchev–Trinajstić information content (AvgIpc) is 2.72. The number of piperazine rings is 1. The van der Waals surface area contributed by atoms with Crippen molar-refractivity contribution < 1.29 is 14.5 Å². The highest BCUT2D eigenvalue weighted by Gasteiger charge is 2.31. The van der Waals surface area contributed by atoms with Gasteiger partial charge in [-0.05, 0) is 32.3 Å². The highest BCUT2D eigenvalue weighted by atomic mass is 35.5. The molecular formula is C19H25ClN4O4. The fraction of sp³-hybridized carbons (Fsp3) is 0.579. The van der Waals surface area contributed by atoms with E-state index in [1.54, 1.807) is 4.90 Å². The second-order valence-corrected chi connectivity index (χ2v) is 7.72. The first-order valence-electron chi connectivity index (χ1n) is 9.64. The van der Waals surface area contributed by atoms with E-state index in [-0.39, 0.29) is 34.1 Å². The zero-order valence-corrected chi connectivity index (χ0v) is 16.7. The molecule has 1 unspecified atom stereocenters. The lowest BCUT2D eigenvalue weighted by Crippen LogP contribution is -2.56. The van der Waals surface area contributed by atoms with Crippen LogP contribution in [-0.2, 0) is 4.79 Å². The monoisotopic (exact) mass is 408 g/mol. The van der Waals surface area contributed by atoms with Crippen molar-refractivity contribution in [2.24, 2.45) is 0 Å². The lowest BCUT2D eigenvalue weighted by atomic mass is 10.1. The molecule has 1 atom stereocenters. The number of hydrogen-bond acceptors (Lipinski definition) is 5. The van der Waals surface area contributed by atoms with Crippen LogP contribution in [0.15, 0.2) is 18.2 Å². The summed E-state index contributed by atoms with van der Waals surface area (Å²) < 4.78 is 0. The van der Waals surface area contributed by atoms with Crippen molar-refractivity contribution in [1.82, 2.24) is 14.7 Å². The van der Waals surface area contributed by atoms with Crippen molar-refractivity contribution in [3.63, 3.8) is 0 Å². The van der Waals surface area contributed by atoms with Crippen molar-refractivity contribution >= 4 is 29.1 Å². The Morgan fingerprint density at radius 2 is 1.68 bits per heavy atom. The van der Waals surface area contributed by atoms with Crippen LogP contribution in [0.3, 0.4) is 0 Å². The van der Waals surface area contributed by atoms with Crippen LogP contribution >= 0.6 is 11.6 Å². The number of benzene rings is 1. The maximum absolute atomic E-state index is 12.7. The Kier molecular flexibility index (Phi) is 6.51. The Balaban J connectivity index is 1.58. The van der Waals surface area contributed by atoms with Gasteiger partial charge in [-0.3, -0.25) is 24.6 Å². The first-order chi connectivity index (χ1) is 13.4. The number of likely N-dealkylation sites (tertiary alicyclic amines) is 1. The van der Waals surface area contributed by atoms with E-state index in [4.69, 9.17) is 11.6 Å². The fourth-order valence-electron chi connectivity index (χ4n) is 3.81. The molecule has 152 valence electrons. The van der Waals surface area contributed by atoms with Crippen molar-refractivity contribution in [2.45, 2.75) is 32.2 Å². The summed E-state index contributed by atoms with van der Waals surface area (Å²) in [5.74, 6) is -0.0764. The van der Waals surface area contributed by atoms with Gasteiger partial charge >= 0.3 is 0 Å². The van der Waals surface area contributed by atoms with Gasteiger partial charge in [0.05, 0.1) is 21.6 Å². The summed E-state index contributed by atoms with van der Waals surface area (Å²) in [7, 11) is 0. The number of amides is 2. The van der Waals surface area contributed by atoms with E-state index in [0.29, 0.717) is 26.2 Å². The molecule has 28 heavy (non-hydrogen) atoms. The van der Waals surface area contributed by atoms with E-state index in [9.17, 15) is 19.7 Å². The molecular weight excluding hydrogens is 384 g/mol. The largest absolute Gasteiger partial charge is 0.341 e. The molecule has 0 radical (unpaired) electrons. The first kappa shape index (κ1) is 20.5. The topological polar surface area (TPSA) is 87.0 Å². The summed E-state index contributed by atoms with van der Waals surface area (Å²) >= 11 is 6.08. The van der Waals surface area contributed by atoms with Crippen molar-refractivity contribution in [2.75, 3.05) is 39.3 Å². The van der Waals surface area contributed by atoms with Crippen LogP contribution in [0, 0.1) is 10.1 Å². The molecule has 0 saturated carbocycles. The number of piperidine rings is 1. The molecule has 3 rings (SSSR count). The van der Waals surface area contributed by atoms with Gasteiger partial charge in [0.2, 0.25) is 5.91 Å². The molecule has 0 aromatic heterocycles. The van der Waals surface area contributed by atoms with Gasteiger partial charge in [-0.25, -0.2) is 0 Å². The van der Waals surface area contributed by atoms with Gasteiger partial charge in [0.15, 0.2) is 0 Å². The van der Waals surface area contributed by atoms with Crippen LogP contribution in [0.2, 0.25) is 5.02 Å². The standard InChI is InChI=1S/C19H25ClN4O4/c1-14(18(25)22-7-3-2-4-8-22)21-9-11-23(12-10-21)19(26)16-6-5-15(24(27)28)13-17(16)20/h5-6,13-14H,2-4,7-12H2,1H3. The average molecular weight is 409 g/mol. The van der Waals surface area contributed by atoms with Crippen LogP contribution in [0.1, 0.15) is 36.5 Å². The number of carbonyl (C=O) groups is 2. The Morgan fingerprint density at radius 1 is 1.04 bits per heavy atom. The molecule has 2 heterocycles. The first-order valence-corrected chi connectivity index (χ1v) is 10.0. The van der Waals surface area contributed by atoms with E-state index in [0.717, 1.165) is 25.9 Å². The molecule has 1 aromatic rings. The van der Waals surface area contributed by atoms with Gasteiger partial charge in [-0.1, -0.05) is 11.6 Å². The zero-order chi connectivity index (χ0) is 20.3. The Hall–Kier alpha value is -2.19. The number of nitrogens with zero attached hydrogens (tertiary/aromatic N) is 4. The third-order valence-corrected chi connectivity index (χ3v) is 5.88. The van der Waals surface area contributed by atoms with E-state index in [1.165, 1.54) is 24.6 Å². The van der Waals surface area contributed by atoms with Gasteiger partial charge in [0.1, 0.15) is 0 Å². The molecule has 8 nitrogen and oxygen atoms in total. The minimum Gasteiger partial charge on any atom is -0.341 e. The summed E-state index contributed by atoms with van der Waals surface area (Å²) in [5, 5.41) is 10.9. The molecule has 0 aliphatic carbocycles. The zero-order valence-electron chi connectivity index (χ0n) is 16.0. The van der Waals surface area contributed by atoms with Gasteiger partial charge in [0.25, 0.3) is 11.6 Å². The summed E-state index contributed by atoms with van der Waals surface area (Å²) in [4.78, 5) is 41.5. The molecule has 1 aromatic carbocycles. The van der Waals surface area contributed by atoms with Crippen molar-refractivity contribution in [3.05, 3.63) is 38.9 Å². The van der Waals surface area contributed by atoms with Crippen molar-refractivity contribution in [1.29, 1.82) is 0 Å². The smallest absolute Gasteiger partial charge is 0.270 e. The third kappa shape index (κ3) is 4.44. The Bertz CT molecular complexity index is 758. The number of rotatable bonds is 4. The third-order valence-electron chi connectivity index (χ3n) is 5.57. The summed E-state index contributed by atoms with van der Waals surface area (Å²) in [5.41, 5.74) is 0.120. The summed E-state index contributed by atoms with van der Waals surface area (Å²) in [6.07, 6.45) is 3.32. The predicted octanol–water partition coefficient (Wildman–Crippen LogP) is 2.41. The Labute approximate surface area is 169 Å². The Morgan fingerprint density at radius 3 is 2.25 bits per heavy atom. The van der Waals surface area contributed by atoms with E-state index in [2.05, 4.69) is 4.90 Å². The maximum Gasteiger partial charge on any atom is 0.270 e. The van der Waals surface area contributed by atoms with E-state index >= 15 is 0 Å². The SMILES string of the molecule is CC(C(=O)N1CCCCC1)N1CCN(C(=O)c2ccc([N+](=O)[O-])cc2Cl)CC1. The second kappa shape index (κ2) is 8.87. The second-order valence-electron chi connectivity index (χ2n) is 7.31. The number of carbonyl (C=O) groups excluding carboxylic acids is 2. The summed E-state index contributed by atoms with van der Waals surface area (Å²) in [6, 6.07) is 3.69. The predicted molar refractivity (Wildman–Crippen MR) is 105 cm³/mol. The van der Waals surface area contributed by atoms with Crippen LogP contribution in [0.5, 0.6) is 0 Å². The molecule has 2 aliphatic rings. The molecule has 0 spiro atoms. The van der Waals surface area contributed by atoms with Crippen LogP contribution in [-0.4, -0.2) is 76.7 Å². The molecule has 9 heteroatoms. The lowest BCUT2D eigenvalue weighted by Gasteiger charge is -2.39. The maximum atomic E-state index is 12.7. The van der Waals surface area contributed by atoms with Gasteiger partial charge in [-0.2, -0.15) is 0 Å². The number of halogens is 1. The van der Waals surface area contributed by atoms with E-state index < -0.39 is 4.92 Å². The number of nitro groups is 1. The lowest BCUT2D eigenvalue weighted by molar-refractivity contribution is -0.384. The quantitative estimate of drug-likeness (QED) is 0.564. The number of hydrogen-bond donors (Lipinski definition) is 0. The van der Waals surface area contributed by atoms with Gasteiger partial charge in [0, 0.05) is 51.4 Å². The highest BCUT2D eigenvalue weighted by Crippen LogP contribution is 2.24. The molecule has 2 aliphatic heterocycles. The summed E-state index contributed by atoms with van der Waals surface area (Å²) in [6.45, 7) is 5.80. The van der Waals surface area contributed by atoms with Crippen LogP contribution in [0.25, 0.3) is 0 Å².